The first kappa shape index (κ1) is 15.4. The smallest absolute Gasteiger partial charge is 0.243 e. The minimum Gasteiger partial charge on any atom is -0.393 e. The van der Waals surface area contributed by atoms with Crippen LogP contribution in [-0.4, -0.2) is 40.7 Å². The summed E-state index contributed by atoms with van der Waals surface area (Å²) >= 11 is 0. The molecule has 3 rings (SSSR count). The van der Waals surface area contributed by atoms with E-state index < -0.39 is 10.0 Å². The van der Waals surface area contributed by atoms with Crippen LogP contribution in [0.3, 0.4) is 0 Å². The first-order chi connectivity index (χ1) is 10.4. The van der Waals surface area contributed by atoms with E-state index in [1.165, 1.54) is 0 Å². The fraction of sp³-hybridized carbons (Fsp3) is 0.571. The molecule has 1 saturated carbocycles. The SMILES string of the molecule is CCC(NS(=O)(=O)c1cccc2c1nnn2C)C1CC(O)C1. The number of benzene rings is 1. The van der Waals surface area contributed by atoms with Crippen molar-refractivity contribution >= 4 is 21.1 Å². The van der Waals surface area contributed by atoms with E-state index in [-0.39, 0.29) is 23.0 Å². The van der Waals surface area contributed by atoms with Crippen molar-refractivity contribution < 1.29 is 13.5 Å². The minimum atomic E-state index is -3.67. The van der Waals surface area contributed by atoms with Gasteiger partial charge in [-0.2, -0.15) is 0 Å². The number of fused-ring (bicyclic) bond motifs is 1. The highest BCUT2D eigenvalue weighted by atomic mass is 32.2. The second kappa shape index (κ2) is 5.60. The van der Waals surface area contributed by atoms with E-state index in [1.54, 1.807) is 29.9 Å². The van der Waals surface area contributed by atoms with Crippen molar-refractivity contribution in [3.8, 4) is 0 Å². The second-order valence-corrected chi connectivity index (χ2v) is 7.54. The van der Waals surface area contributed by atoms with Gasteiger partial charge in [0, 0.05) is 13.1 Å². The van der Waals surface area contributed by atoms with E-state index in [0.29, 0.717) is 30.3 Å². The van der Waals surface area contributed by atoms with Gasteiger partial charge in [-0.3, -0.25) is 0 Å². The predicted molar refractivity (Wildman–Crippen MR) is 81.6 cm³/mol. The molecule has 0 radical (unpaired) electrons. The molecule has 1 aromatic carbocycles. The Bertz CT molecular complexity index is 780. The third-order valence-corrected chi connectivity index (χ3v) is 5.88. The maximum atomic E-state index is 12.7. The van der Waals surface area contributed by atoms with Gasteiger partial charge < -0.3 is 5.11 Å². The minimum absolute atomic E-state index is 0.149. The van der Waals surface area contributed by atoms with Crippen molar-refractivity contribution in [2.24, 2.45) is 13.0 Å². The number of aromatic nitrogens is 3. The van der Waals surface area contributed by atoms with E-state index in [0.717, 1.165) is 0 Å². The summed E-state index contributed by atoms with van der Waals surface area (Å²) in [5, 5.41) is 17.3. The second-order valence-electron chi connectivity index (χ2n) is 5.86. The third kappa shape index (κ3) is 2.62. The molecule has 1 aliphatic rings. The van der Waals surface area contributed by atoms with Crippen molar-refractivity contribution in [2.45, 2.75) is 43.2 Å². The summed E-state index contributed by atoms with van der Waals surface area (Å²) in [4.78, 5) is 0.149. The van der Waals surface area contributed by atoms with Crippen LogP contribution in [0.2, 0.25) is 0 Å². The molecule has 0 saturated heterocycles. The lowest BCUT2D eigenvalue weighted by atomic mass is 9.77. The zero-order valence-corrected chi connectivity index (χ0v) is 13.4. The predicted octanol–water partition coefficient (Wildman–Crippen LogP) is 0.796. The number of rotatable bonds is 5. The Morgan fingerprint density at radius 1 is 1.45 bits per heavy atom. The lowest BCUT2D eigenvalue weighted by molar-refractivity contribution is 0.0277. The first-order valence-electron chi connectivity index (χ1n) is 7.41. The molecule has 7 nitrogen and oxygen atoms in total. The van der Waals surface area contributed by atoms with Crippen LogP contribution in [0.25, 0.3) is 11.0 Å². The maximum Gasteiger partial charge on any atom is 0.243 e. The molecule has 0 amide bonds. The van der Waals surface area contributed by atoms with E-state index in [1.807, 2.05) is 6.92 Å². The van der Waals surface area contributed by atoms with Gasteiger partial charge in [-0.25, -0.2) is 17.8 Å². The summed E-state index contributed by atoms with van der Waals surface area (Å²) in [5.41, 5.74) is 1.05. The number of hydrogen-bond acceptors (Lipinski definition) is 5. The summed E-state index contributed by atoms with van der Waals surface area (Å²) in [6.07, 6.45) is 1.69. The summed E-state index contributed by atoms with van der Waals surface area (Å²) in [7, 11) is -1.95. The van der Waals surface area contributed by atoms with Crippen molar-refractivity contribution in [1.29, 1.82) is 0 Å². The average Bonchev–Trinajstić information content (AvgIpc) is 2.83. The molecule has 1 aliphatic carbocycles. The molecule has 22 heavy (non-hydrogen) atoms. The number of nitrogens with zero attached hydrogens (tertiary/aromatic N) is 3. The number of hydrogen-bond donors (Lipinski definition) is 2. The molecule has 1 unspecified atom stereocenters. The topological polar surface area (TPSA) is 97.1 Å². The van der Waals surface area contributed by atoms with Crippen LogP contribution in [0.1, 0.15) is 26.2 Å². The highest BCUT2D eigenvalue weighted by Gasteiger charge is 2.35. The monoisotopic (exact) mass is 324 g/mol. The van der Waals surface area contributed by atoms with Crippen LogP contribution >= 0.6 is 0 Å². The Kier molecular flexibility index (Phi) is 3.92. The number of aliphatic hydroxyl groups is 1. The zero-order valence-electron chi connectivity index (χ0n) is 12.6. The first-order valence-corrected chi connectivity index (χ1v) is 8.89. The van der Waals surface area contributed by atoms with Crippen molar-refractivity contribution in [2.75, 3.05) is 0 Å². The summed E-state index contributed by atoms with van der Waals surface area (Å²) in [6, 6.07) is 4.85. The van der Waals surface area contributed by atoms with Crippen LogP contribution in [0.5, 0.6) is 0 Å². The molecule has 1 aromatic heterocycles. The molecule has 1 heterocycles. The normalized spacial score (nSPS) is 23.4. The molecule has 1 fully saturated rings. The molecular formula is C14H20N4O3S. The van der Waals surface area contributed by atoms with E-state index >= 15 is 0 Å². The lowest BCUT2D eigenvalue weighted by Gasteiger charge is -2.37. The quantitative estimate of drug-likeness (QED) is 0.848. The molecule has 1 atom stereocenters. The lowest BCUT2D eigenvalue weighted by Crippen LogP contribution is -2.46. The van der Waals surface area contributed by atoms with E-state index in [9.17, 15) is 13.5 Å². The fourth-order valence-electron chi connectivity index (χ4n) is 2.98. The van der Waals surface area contributed by atoms with Gasteiger partial charge in [-0.1, -0.05) is 18.2 Å². The molecule has 120 valence electrons. The van der Waals surface area contributed by atoms with Crippen LogP contribution in [0.15, 0.2) is 23.1 Å². The van der Waals surface area contributed by atoms with Gasteiger partial charge in [0.2, 0.25) is 10.0 Å². The summed E-state index contributed by atoms with van der Waals surface area (Å²) in [6.45, 7) is 1.95. The van der Waals surface area contributed by atoms with Crippen molar-refractivity contribution in [3.05, 3.63) is 18.2 Å². The standard InChI is InChI=1S/C14H20N4O3S/c1-3-11(9-7-10(19)8-9)16-22(20,21)13-6-4-5-12-14(13)15-17-18(12)2/h4-6,9-11,16,19H,3,7-8H2,1-2H3. The highest BCUT2D eigenvalue weighted by Crippen LogP contribution is 2.32. The van der Waals surface area contributed by atoms with Gasteiger partial charge in [0.25, 0.3) is 0 Å². The van der Waals surface area contributed by atoms with Crippen LogP contribution in [0, 0.1) is 5.92 Å². The number of nitrogens with one attached hydrogen (secondary N) is 1. The average molecular weight is 324 g/mol. The summed E-state index contributed by atoms with van der Waals surface area (Å²) < 4.78 is 29.7. The van der Waals surface area contributed by atoms with Crippen molar-refractivity contribution in [1.82, 2.24) is 19.7 Å². The van der Waals surface area contributed by atoms with Gasteiger partial charge in [0.15, 0.2) is 0 Å². The van der Waals surface area contributed by atoms with Crippen molar-refractivity contribution in [3.63, 3.8) is 0 Å². The van der Waals surface area contributed by atoms with Gasteiger partial charge >= 0.3 is 0 Å². The maximum absolute atomic E-state index is 12.7. The van der Waals surface area contributed by atoms with E-state index in [4.69, 9.17) is 0 Å². The molecule has 2 aromatic rings. The summed E-state index contributed by atoms with van der Waals surface area (Å²) in [5.74, 6) is 0.191. The van der Waals surface area contributed by atoms with Gasteiger partial charge in [-0.15, -0.1) is 5.10 Å². The fourth-order valence-corrected chi connectivity index (χ4v) is 4.53. The largest absolute Gasteiger partial charge is 0.393 e. The Labute approximate surface area is 129 Å². The van der Waals surface area contributed by atoms with Gasteiger partial charge in [0.1, 0.15) is 10.4 Å². The zero-order chi connectivity index (χ0) is 15.9. The Morgan fingerprint density at radius 3 is 2.82 bits per heavy atom. The number of aryl methyl sites for hydroxylation is 1. The number of sulfonamides is 1. The molecular weight excluding hydrogens is 304 g/mol. The Balaban J connectivity index is 1.91. The Hall–Kier alpha value is -1.51. The van der Waals surface area contributed by atoms with E-state index in [2.05, 4.69) is 15.0 Å². The van der Waals surface area contributed by atoms with Crippen LogP contribution in [0.4, 0.5) is 0 Å². The molecule has 2 N–H and O–H groups in total. The molecule has 8 heteroatoms. The molecule has 0 spiro atoms. The van der Waals surface area contributed by atoms with Crippen LogP contribution in [-0.2, 0) is 17.1 Å². The van der Waals surface area contributed by atoms with Gasteiger partial charge in [-0.05, 0) is 37.3 Å². The third-order valence-electron chi connectivity index (χ3n) is 4.36. The molecule has 0 bridgehead atoms. The van der Waals surface area contributed by atoms with Crippen LogP contribution < -0.4 is 4.72 Å². The molecule has 0 aliphatic heterocycles. The number of aliphatic hydroxyl groups excluding tert-OH is 1. The highest BCUT2D eigenvalue weighted by molar-refractivity contribution is 7.89. The Morgan fingerprint density at radius 2 is 2.18 bits per heavy atom. The van der Waals surface area contributed by atoms with Gasteiger partial charge in [0.05, 0.1) is 11.6 Å².